The Balaban J connectivity index is 2.46. The summed E-state index contributed by atoms with van der Waals surface area (Å²) in [7, 11) is -4.81. The van der Waals surface area contributed by atoms with Gasteiger partial charge in [-0.05, 0) is 35.9 Å². The van der Waals surface area contributed by atoms with Crippen LogP contribution in [-0.2, 0) is 4.57 Å². The number of nitrogens with zero attached hydrogens (tertiary/aromatic N) is 1. The Labute approximate surface area is 138 Å². The van der Waals surface area contributed by atoms with Crippen molar-refractivity contribution in [3.63, 3.8) is 0 Å². The molecular weight excluding hydrogens is 337 g/mol. The van der Waals surface area contributed by atoms with E-state index < -0.39 is 25.4 Å². The maximum absolute atomic E-state index is 11.1. The van der Waals surface area contributed by atoms with Crippen molar-refractivity contribution in [1.29, 1.82) is 0 Å². The van der Waals surface area contributed by atoms with Gasteiger partial charge in [0.25, 0.3) is 0 Å². The number of phenols is 1. The zero-order valence-electron chi connectivity index (χ0n) is 12.7. The van der Waals surface area contributed by atoms with Crippen LogP contribution in [0.4, 0.5) is 0 Å². The van der Waals surface area contributed by atoms with Crippen LogP contribution in [0.5, 0.6) is 5.75 Å². The van der Waals surface area contributed by atoms with Gasteiger partial charge in [0.05, 0.1) is 11.6 Å². The van der Waals surface area contributed by atoms with E-state index >= 15 is 0 Å². The summed E-state index contributed by atoms with van der Waals surface area (Å²) in [6.07, 6.45) is 3.29. The molecule has 24 heavy (non-hydrogen) atoms. The highest BCUT2D eigenvalue weighted by atomic mass is 31.2. The van der Waals surface area contributed by atoms with Crippen molar-refractivity contribution in [3.8, 4) is 5.75 Å². The Hall–Kier alpha value is -1.96. The molecule has 1 aliphatic carbocycles. The second-order valence-electron chi connectivity index (χ2n) is 5.54. The molecule has 1 aromatic carbocycles. The third kappa shape index (κ3) is 4.11. The maximum atomic E-state index is 11.1. The quantitative estimate of drug-likeness (QED) is 0.352. The summed E-state index contributed by atoms with van der Waals surface area (Å²) >= 11 is 0. The minimum atomic E-state index is -4.81. The zero-order chi connectivity index (χ0) is 18.1. The molecule has 0 radical (unpaired) electrons. The van der Waals surface area contributed by atoms with Gasteiger partial charge in [-0.2, -0.15) is 4.76 Å². The van der Waals surface area contributed by atoms with Gasteiger partial charge >= 0.3 is 7.75 Å². The fourth-order valence-electron chi connectivity index (χ4n) is 2.48. The van der Waals surface area contributed by atoms with Crippen molar-refractivity contribution in [1.82, 2.24) is 0 Å². The number of phenolic OH excluding ortho intramolecular Hbond substituents is 1. The summed E-state index contributed by atoms with van der Waals surface area (Å²) in [6, 6.07) is 5.85. The van der Waals surface area contributed by atoms with Crippen LogP contribution in [0.15, 0.2) is 53.0 Å². The van der Waals surface area contributed by atoms with E-state index in [0.717, 1.165) is 18.2 Å². The van der Waals surface area contributed by atoms with Crippen molar-refractivity contribution in [3.05, 3.63) is 53.8 Å². The van der Waals surface area contributed by atoms with Crippen molar-refractivity contribution in [2.45, 2.75) is 18.6 Å². The zero-order valence-corrected chi connectivity index (χ0v) is 13.6. The summed E-state index contributed by atoms with van der Waals surface area (Å²) in [5, 5.41) is 40.3. The van der Waals surface area contributed by atoms with Crippen LogP contribution in [0.1, 0.15) is 18.4 Å². The molecule has 0 heterocycles. The van der Waals surface area contributed by atoms with E-state index in [9.17, 15) is 25.0 Å². The average Bonchev–Trinajstić information content (AvgIpc) is 2.46. The van der Waals surface area contributed by atoms with Gasteiger partial charge in [-0.3, -0.25) is 0 Å². The van der Waals surface area contributed by atoms with Crippen LogP contribution in [0, 0.1) is 5.92 Å². The number of allylic oxidation sites excluding steroid dienone is 2. The molecule has 1 aliphatic rings. The van der Waals surface area contributed by atoms with Crippen molar-refractivity contribution < 1.29 is 34.8 Å². The van der Waals surface area contributed by atoms with Crippen molar-refractivity contribution in [2.24, 2.45) is 10.7 Å². The highest BCUT2D eigenvalue weighted by molar-refractivity contribution is 7.50. The molecule has 6 N–H and O–H groups in total. The van der Waals surface area contributed by atoms with Gasteiger partial charge in [-0.25, -0.2) is 4.57 Å². The van der Waals surface area contributed by atoms with Crippen molar-refractivity contribution >= 4 is 13.5 Å². The largest absolute Gasteiger partial charge is 0.508 e. The van der Waals surface area contributed by atoms with E-state index in [4.69, 9.17) is 9.79 Å². The van der Waals surface area contributed by atoms with Gasteiger partial charge < -0.3 is 30.2 Å². The van der Waals surface area contributed by atoms with Crippen LogP contribution in [0.3, 0.4) is 0 Å². The lowest BCUT2D eigenvalue weighted by Gasteiger charge is -2.36. The molecule has 8 nitrogen and oxygen atoms in total. The number of benzene rings is 1. The molecule has 2 rings (SSSR count). The SMILES string of the molecule is CC(c1cccc(O)c1)C(O)(O)C1C=C(O)C=C/C1=N\P(=O)(O)O. The fraction of sp³-hybridized carbons (Fsp3) is 0.267. The van der Waals surface area contributed by atoms with E-state index in [1.54, 1.807) is 6.07 Å². The van der Waals surface area contributed by atoms with E-state index in [-0.39, 0.29) is 17.2 Å². The van der Waals surface area contributed by atoms with Gasteiger partial charge in [0, 0.05) is 5.92 Å². The van der Waals surface area contributed by atoms with Gasteiger partial charge in [0.15, 0.2) is 5.79 Å². The summed E-state index contributed by atoms with van der Waals surface area (Å²) in [5.74, 6) is -5.23. The predicted octanol–water partition coefficient (Wildman–Crippen LogP) is 1.34. The van der Waals surface area contributed by atoms with Gasteiger partial charge in [-0.1, -0.05) is 19.1 Å². The highest BCUT2D eigenvalue weighted by Gasteiger charge is 2.43. The Kier molecular flexibility index (Phi) is 4.98. The Bertz CT molecular complexity index is 763. The monoisotopic (exact) mass is 355 g/mol. The lowest BCUT2D eigenvalue weighted by molar-refractivity contribution is -0.188. The first-order chi connectivity index (χ1) is 11.0. The topological polar surface area (TPSA) is 151 Å². The molecule has 2 unspecified atom stereocenters. The molecule has 0 fully saturated rings. The van der Waals surface area contributed by atoms with Gasteiger partial charge in [0.1, 0.15) is 11.5 Å². The summed E-state index contributed by atoms with van der Waals surface area (Å²) in [5.41, 5.74) is 0.108. The third-order valence-electron chi connectivity index (χ3n) is 3.79. The van der Waals surface area contributed by atoms with Gasteiger partial charge in [0.2, 0.25) is 0 Å². The lowest BCUT2D eigenvalue weighted by Crippen LogP contribution is -2.46. The molecule has 0 amide bonds. The fourth-order valence-corrected chi connectivity index (χ4v) is 2.97. The van der Waals surface area contributed by atoms with E-state index in [1.165, 1.54) is 25.1 Å². The number of aliphatic hydroxyl groups excluding tert-OH is 1. The summed E-state index contributed by atoms with van der Waals surface area (Å²) < 4.78 is 14.3. The first kappa shape index (κ1) is 18.4. The average molecular weight is 355 g/mol. The second-order valence-corrected chi connectivity index (χ2v) is 6.77. The van der Waals surface area contributed by atoms with E-state index in [1.807, 2.05) is 0 Å². The first-order valence-corrected chi connectivity index (χ1v) is 8.55. The van der Waals surface area contributed by atoms with Gasteiger partial charge in [-0.15, -0.1) is 0 Å². The molecule has 0 aromatic heterocycles. The van der Waals surface area contributed by atoms with Crippen LogP contribution in [0.2, 0.25) is 0 Å². The molecule has 0 saturated heterocycles. The molecule has 0 spiro atoms. The Morgan fingerprint density at radius 1 is 1.21 bits per heavy atom. The smallest absolute Gasteiger partial charge is 0.448 e. The molecule has 0 saturated carbocycles. The first-order valence-electron chi connectivity index (χ1n) is 6.99. The molecule has 0 aliphatic heterocycles. The maximum Gasteiger partial charge on any atom is 0.448 e. The Morgan fingerprint density at radius 2 is 1.88 bits per heavy atom. The van der Waals surface area contributed by atoms with Crippen LogP contribution >= 0.6 is 7.75 Å². The highest BCUT2D eigenvalue weighted by Crippen LogP contribution is 2.41. The van der Waals surface area contributed by atoms with E-state index in [2.05, 4.69) is 4.76 Å². The van der Waals surface area contributed by atoms with E-state index in [0.29, 0.717) is 5.56 Å². The summed E-state index contributed by atoms with van der Waals surface area (Å²) in [6.45, 7) is 1.47. The molecule has 2 atom stereocenters. The third-order valence-corrected chi connectivity index (χ3v) is 4.28. The molecule has 130 valence electrons. The van der Waals surface area contributed by atoms with Crippen LogP contribution < -0.4 is 0 Å². The molecule has 1 aromatic rings. The number of aromatic hydroxyl groups is 1. The molecule has 0 bridgehead atoms. The normalized spacial score (nSPS) is 21.6. The van der Waals surface area contributed by atoms with Crippen molar-refractivity contribution in [2.75, 3.05) is 0 Å². The standard InChI is InChI=1S/C15H18NO7P/c1-9(10-3-2-4-11(17)7-10)15(19,20)13-8-12(18)5-6-14(13)16-24(21,22)23/h2-9,13,17-20H,1H3,(H2,21,22,23)/b16-14+. The number of hydrogen-bond donors (Lipinski definition) is 6. The van der Waals surface area contributed by atoms with Crippen LogP contribution in [0.25, 0.3) is 0 Å². The molecule has 9 heteroatoms. The minimum absolute atomic E-state index is 0.0683. The predicted molar refractivity (Wildman–Crippen MR) is 86.5 cm³/mol. The number of aliphatic hydroxyl groups is 3. The number of rotatable bonds is 4. The van der Waals surface area contributed by atoms with Crippen LogP contribution in [-0.4, -0.2) is 41.7 Å². The summed E-state index contributed by atoms with van der Waals surface area (Å²) in [4.78, 5) is 18.0. The lowest BCUT2D eigenvalue weighted by atomic mass is 9.79. The Morgan fingerprint density at radius 3 is 2.46 bits per heavy atom. The number of hydrogen-bond acceptors (Lipinski definition) is 5. The minimum Gasteiger partial charge on any atom is -0.508 e. The second kappa shape index (κ2) is 6.51. The molecular formula is C15H18NO7P.